The van der Waals surface area contributed by atoms with E-state index in [-0.39, 0.29) is 5.91 Å². The molecule has 6 nitrogen and oxygen atoms in total. The molecule has 0 saturated carbocycles. The third-order valence-electron chi connectivity index (χ3n) is 3.88. The Balaban J connectivity index is 1.78. The molecule has 1 unspecified atom stereocenters. The van der Waals surface area contributed by atoms with Crippen LogP contribution in [0.3, 0.4) is 0 Å². The third kappa shape index (κ3) is 2.74. The molecule has 2 aromatic rings. The van der Waals surface area contributed by atoms with E-state index in [1.807, 2.05) is 41.9 Å². The van der Waals surface area contributed by atoms with Crippen LogP contribution in [0.1, 0.15) is 25.2 Å². The van der Waals surface area contributed by atoms with Gasteiger partial charge in [-0.25, -0.2) is 4.68 Å². The molecule has 6 heteroatoms. The SMILES string of the molecule is CCOC(C)C(=O)N1CCc2c(nnn2-c2ccccc2)C1. The van der Waals surface area contributed by atoms with Gasteiger partial charge in [-0.2, -0.15) is 0 Å². The van der Waals surface area contributed by atoms with Gasteiger partial charge in [0.2, 0.25) is 0 Å². The summed E-state index contributed by atoms with van der Waals surface area (Å²) in [5, 5.41) is 8.49. The highest BCUT2D eigenvalue weighted by Crippen LogP contribution is 2.20. The van der Waals surface area contributed by atoms with E-state index in [0.29, 0.717) is 19.7 Å². The minimum Gasteiger partial charge on any atom is -0.369 e. The predicted molar refractivity (Wildman–Crippen MR) is 81.6 cm³/mol. The first-order chi connectivity index (χ1) is 10.7. The summed E-state index contributed by atoms with van der Waals surface area (Å²) in [6.45, 7) is 5.39. The summed E-state index contributed by atoms with van der Waals surface area (Å²) in [6, 6.07) is 9.94. The second-order valence-corrected chi connectivity index (χ2v) is 5.34. The van der Waals surface area contributed by atoms with Crippen LogP contribution in [0.15, 0.2) is 30.3 Å². The van der Waals surface area contributed by atoms with E-state index in [1.54, 1.807) is 11.8 Å². The highest BCUT2D eigenvalue weighted by atomic mass is 16.5. The summed E-state index contributed by atoms with van der Waals surface area (Å²) in [5.41, 5.74) is 2.95. The molecule has 0 spiro atoms. The lowest BCUT2D eigenvalue weighted by Crippen LogP contribution is -2.42. The average molecular weight is 300 g/mol. The molecule has 0 N–H and O–H groups in total. The highest BCUT2D eigenvalue weighted by Gasteiger charge is 2.28. The van der Waals surface area contributed by atoms with Crippen LogP contribution in [0.5, 0.6) is 0 Å². The van der Waals surface area contributed by atoms with E-state index in [2.05, 4.69) is 10.3 Å². The molecule has 116 valence electrons. The van der Waals surface area contributed by atoms with Crippen LogP contribution in [0.4, 0.5) is 0 Å². The smallest absolute Gasteiger partial charge is 0.251 e. The molecule has 1 aliphatic heterocycles. The monoisotopic (exact) mass is 300 g/mol. The first-order valence-electron chi connectivity index (χ1n) is 7.60. The maximum atomic E-state index is 12.3. The number of ether oxygens (including phenoxy) is 1. The van der Waals surface area contributed by atoms with Gasteiger partial charge in [-0.15, -0.1) is 5.10 Å². The predicted octanol–water partition coefficient (Wildman–Crippen LogP) is 1.58. The number of rotatable bonds is 4. The summed E-state index contributed by atoms with van der Waals surface area (Å²) < 4.78 is 7.25. The highest BCUT2D eigenvalue weighted by molar-refractivity contribution is 5.80. The maximum Gasteiger partial charge on any atom is 0.251 e. The fourth-order valence-electron chi connectivity index (χ4n) is 2.75. The van der Waals surface area contributed by atoms with Gasteiger partial charge in [-0.1, -0.05) is 23.4 Å². The van der Waals surface area contributed by atoms with Gasteiger partial charge in [0.1, 0.15) is 11.8 Å². The van der Waals surface area contributed by atoms with Crippen molar-refractivity contribution < 1.29 is 9.53 Å². The number of fused-ring (bicyclic) bond motifs is 1. The second-order valence-electron chi connectivity index (χ2n) is 5.34. The number of carbonyl (C=O) groups excluding carboxylic acids is 1. The quantitative estimate of drug-likeness (QED) is 0.860. The van der Waals surface area contributed by atoms with E-state index in [0.717, 1.165) is 23.5 Å². The first kappa shape index (κ1) is 14.7. The van der Waals surface area contributed by atoms with Crippen LogP contribution in [0.2, 0.25) is 0 Å². The molecule has 0 aliphatic carbocycles. The van der Waals surface area contributed by atoms with Gasteiger partial charge in [0.25, 0.3) is 5.91 Å². The Hall–Kier alpha value is -2.21. The van der Waals surface area contributed by atoms with E-state index in [4.69, 9.17) is 4.74 Å². The van der Waals surface area contributed by atoms with E-state index in [1.165, 1.54) is 0 Å². The number of nitrogens with zero attached hydrogens (tertiary/aromatic N) is 4. The number of benzene rings is 1. The van der Waals surface area contributed by atoms with Gasteiger partial charge < -0.3 is 9.64 Å². The molecule has 0 fully saturated rings. The molecule has 1 aliphatic rings. The molecule has 22 heavy (non-hydrogen) atoms. The van der Waals surface area contributed by atoms with Crippen LogP contribution < -0.4 is 0 Å². The number of para-hydroxylation sites is 1. The van der Waals surface area contributed by atoms with Crippen molar-refractivity contribution in [2.24, 2.45) is 0 Å². The largest absolute Gasteiger partial charge is 0.369 e. The lowest BCUT2D eigenvalue weighted by Gasteiger charge is -2.28. The summed E-state index contributed by atoms with van der Waals surface area (Å²) in [7, 11) is 0. The molecular weight excluding hydrogens is 280 g/mol. The van der Waals surface area contributed by atoms with Crippen LogP contribution in [-0.2, 0) is 22.5 Å². The molecule has 1 atom stereocenters. The standard InChI is InChI=1S/C16H20N4O2/c1-3-22-12(2)16(21)19-10-9-15-14(11-19)17-18-20(15)13-7-5-4-6-8-13/h4-8,12H,3,9-11H2,1-2H3. The minimum atomic E-state index is -0.407. The second kappa shape index (κ2) is 6.27. The van der Waals surface area contributed by atoms with E-state index >= 15 is 0 Å². The van der Waals surface area contributed by atoms with Gasteiger partial charge in [0, 0.05) is 19.6 Å². The molecule has 2 heterocycles. The van der Waals surface area contributed by atoms with Gasteiger partial charge in [-0.05, 0) is 26.0 Å². The van der Waals surface area contributed by atoms with Crippen molar-refractivity contribution in [1.29, 1.82) is 0 Å². The zero-order valence-corrected chi connectivity index (χ0v) is 12.9. The van der Waals surface area contributed by atoms with Crippen molar-refractivity contribution in [3.05, 3.63) is 41.7 Å². The normalized spacial score (nSPS) is 15.5. The Morgan fingerprint density at radius 2 is 2.14 bits per heavy atom. The average Bonchev–Trinajstić information content (AvgIpc) is 2.98. The van der Waals surface area contributed by atoms with Gasteiger partial charge in [0.15, 0.2) is 0 Å². The molecule has 0 radical (unpaired) electrons. The zero-order valence-electron chi connectivity index (χ0n) is 12.9. The molecular formula is C16H20N4O2. The van der Waals surface area contributed by atoms with E-state index in [9.17, 15) is 4.79 Å². The Morgan fingerprint density at radius 1 is 1.36 bits per heavy atom. The van der Waals surface area contributed by atoms with Crippen LogP contribution >= 0.6 is 0 Å². The number of hydrogen-bond donors (Lipinski definition) is 0. The Kier molecular flexibility index (Phi) is 4.20. The van der Waals surface area contributed by atoms with Crippen LogP contribution in [0, 0.1) is 0 Å². The van der Waals surface area contributed by atoms with Crippen molar-refractivity contribution in [3.63, 3.8) is 0 Å². The number of carbonyl (C=O) groups is 1. The van der Waals surface area contributed by atoms with Crippen LogP contribution in [-0.4, -0.2) is 45.1 Å². The molecule has 1 amide bonds. The van der Waals surface area contributed by atoms with Crippen molar-refractivity contribution in [1.82, 2.24) is 19.9 Å². The summed E-state index contributed by atoms with van der Waals surface area (Å²) >= 11 is 0. The van der Waals surface area contributed by atoms with Gasteiger partial charge in [-0.3, -0.25) is 4.79 Å². The first-order valence-corrected chi connectivity index (χ1v) is 7.60. The van der Waals surface area contributed by atoms with Crippen LogP contribution in [0.25, 0.3) is 5.69 Å². The van der Waals surface area contributed by atoms with Crippen molar-refractivity contribution in [2.75, 3.05) is 13.2 Å². The summed E-state index contributed by atoms with van der Waals surface area (Å²) in [4.78, 5) is 14.1. The Bertz CT molecular complexity index is 653. The molecule has 0 saturated heterocycles. The van der Waals surface area contributed by atoms with E-state index < -0.39 is 6.10 Å². The molecule has 1 aromatic heterocycles. The number of amides is 1. The summed E-state index contributed by atoms with van der Waals surface area (Å²) in [6.07, 6.45) is 0.345. The van der Waals surface area contributed by atoms with Crippen molar-refractivity contribution in [3.8, 4) is 5.69 Å². The Morgan fingerprint density at radius 3 is 2.86 bits per heavy atom. The Labute approximate surface area is 129 Å². The lowest BCUT2D eigenvalue weighted by molar-refractivity contribution is -0.143. The van der Waals surface area contributed by atoms with Crippen molar-refractivity contribution >= 4 is 5.91 Å². The molecule has 0 bridgehead atoms. The molecule has 3 rings (SSSR count). The van der Waals surface area contributed by atoms with Gasteiger partial charge >= 0.3 is 0 Å². The zero-order chi connectivity index (χ0) is 15.5. The fraction of sp³-hybridized carbons (Fsp3) is 0.438. The number of hydrogen-bond acceptors (Lipinski definition) is 4. The minimum absolute atomic E-state index is 0.0155. The van der Waals surface area contributed by atoms with Gasteiger partial charge in [0.05, 0.1) is 17.9 Å². The van der Waals surface area contributed by atoms with Crippen molar-refractivity contribution in [2.45, 2.75) is 32.9 Å². The summed E-state index contributed by atoms with van der Waals surface area (Å²) in [5.74, 6) is 0.0155. The maximum absolute atomic E-state index is 12.3. The number of aromatic nitrogens is 3. The fourth-order valence-corrected chi connectivity index (χ4v) is 2.75. The lowest BCUT2D eigenvalue weighted by atomic mass is 10.1. The molecule has 1 aromatic carbocycles. The third-order valence-corrected chi connectivity index (χ3v) is 3.88. The topological polar surface area (TPSA) is 60.2 Å².